The molecule has 0 spiro atoms. The van der Waals surface area contributed by atoms with Crippen LogP contribution in [0.4, 0.5) is 0 Å². The molecule has 1 aliphatic carbocycles. The maximum Gasteiger partial charge on any atom is 0.348 e. The van der Waals surface area contributed by atoms with Crippen molar-refractivity contribution in [2.45, 2.75) is 50.8 Å². The summed E-state index contributed by atoms with van der Waals surface area (Å²) in [7, 11) is 0. The average Bonchev–Trinajstić information content (AvgIpc) is 2.82. The molecule has 1 aromatic rings. The van der Waals surface area contributed by atoms with Gasteiger partial charge in [0.05, 0.1) is 6.42 Å². The van der Waals surface area contributed by atoms with E-state index in [4.69, 9.17) is 5.11 Å². The summed E-state index contributed by atoms with van der Waals surface area (Å²) in [6.07, 6.45) is 5.03. The van der Waals surface area contributed by atoms with Crippen molar-refractivity contribution in [1.82, 2.24) is 9.55 Å². The van der Waals surface area contributed by atoms with Crippen LogP contribution in [0.15, 0.2) is 4.79 Å². The molecule has 20 heavy (non-hydrogen) atoms. The highest BCUT2D eigenvalue weighted by Gasteiger charge is 2.28. The second-order valence-corrected chi connectivity index (χ2v) is 6.45. The molecule has 0 bridgehead atoms. The molecule has 1 aliphatic rings. The highest BCUT2D eigenvalue weighted by Crippen LogP contribution is 2.36. The summed E-state index contributed by atoms with van der Waals surface area (Å²) in [5, 5.41) is 9.58. The van der Waals surface area contributed by atoms with Crippen molar-refractivity contribution >= 4 is 17.7 Å². The Kier molecular flexibility index (Phi) is 4.52. The first kappa shape index (κ1) is 15.1. The third kappa shape index (κ3) is 2.90. The summed E-state index contributed by atoms with van der Waals surface area (Å²) < 4.78 is 1.71. The highest BCUT2D eigenvalue weighted by atomic mass is 32.2. The van der Waals surface area contributed by atoms with E-state index in [1.165, 1.54) is 0 Å². The molecule has 0 radical (unpaired) electrons. The van der Waals surface area contributed by atoms with Crippen LogP contribution in [0.3, 0.4) is 0 Å². The van der Waals surface area contributed by atoms with E-state index in [0.717, 1.165) is 25.0 Å². The maximum absolute atomic E-state index is 12.2. The Labute approximate surface area is 122 Å². The number of thioether (sulfide) groups is 1. The summed E-state index contributed by atoms with van der Waals surface area (Å²) >= 11 is 1.83. The number of aliphatic carboxylic acids is 1. The molecule has 6 heteroatoms. The van der Waals surface area contributed by atoms with E-state index < -0.39 is 5.97 Å². The van der Waals surface area contributed by atoms with Crippen LogP contribution in [0, 0.1) is 13.8 Å². The zero-order chi connectivity index (χ0) is 14.9. The third-order valence-electron chi connectivity index (χ3n) is 4.09. The molecule has 2 rings (SSSR count). The number of aromatic nitrogens is 2. The fourth-order valence-corrected chi connectivity index (χ4v) is 3.80. The van der Waals surface area contributed by atoms with E-state index in [9.17, 15) is 9.59 Å². The number of nitrogens with zero attached hydrogens (tertiary/aromatic N) is 2. The van der Waals surface area contributed by atoms with Gasteiger partial charge in [0.15, 0.2) is 0 Å². The zero-order valence-corrected chi connectivity index (χ0v) is 12.9. The van der Waals surface area contributed by atoms with Gasteiger partial charge in [-0.1, -0.05) is 0 Å². The van der Waals surface area contributed by atoms with Crippen LogP contribution in [0.5, 0.6) is 0 Å². The Balaban J connectivity index is 2.43. The first-order chi connectivity index (χ1) is 9.43. The Hall–Kier alpha value is -1.30. The summed E-state index contributed by atoms with van der Waals surface area (Å²) in [5.74, 6) is -0.892. The molecule has 1 fully saturated rings. The fourth-order valence-electron chi connectivity index (χ4n) is 3.02. The van der Waals surface area contributed by atoms with E-state index in [-0.39, 0.29) is 18.2 Å². The van der Waals surface area contributed by atoms with Crippen molar-refractivity contribution in [2.24, 2.45) is 0 Å². The molecule has 1 saturated carbocycles. The first-order valence-electron chi connectivity index (χ1n) is 6.77. The van der Waals surface area contributed by atoms with Crippen molar-refractivity contribution in [1.29, 1.82) is 0 Å². The van der Waals surface area contributed by atoms with E-state index in [1.54, 1.807) is 11.5 Å². The van der Waals surface area contributed by atoms with Gasteiger partial charge in [-0.3, -0.25) is 9.36 Å². The van der Waals surface area contributed by atoms with Gasteiger partial charge >= 0.3 is 11.7 Å². The molecule has 1 N–H and O–H groups in total. The topological polar surface area (TPSA) is 72.2 Å². The second kappa shape index (κ2) is 5.99. The lowest BCUT2D eigenvalue weighted by atomic mass is 10.1. The maximum atomic E-state index is 12.2. The van der Waals surface area contributed by atoms with E-state index in [2.05, 4.69) is 11.2 Å². The van der Waals surface area contributed by atoms with Crippen LogP contribution in [0.2, 0.25) is 0 Å². The van der Waals surface area contributed by atoms with Gasteiger partial charge in [0.25, 0.3) is 0 Å². The summed E-state index contributed by atoms with van der Waals surface area (Å²) in [6.45, 7) is 3.54. The van der Waals surface area contributed by atoms with Crippen LogP contribution in [-0.4, -0.2) is 32.1 Å². The van der Waals surface area contributed by atoms with Crippen molar-refractivity contribution in [3.05, 3.63) is 27.4 Å². The molecule has 0 saturated heterocycles. The monoisotopic (exact) mass is 296 g/mol. The zero-order valence-electron chi connectivity index (χ0n) is 12.0. The van der Waals surface area contributed by atoms with Crippen LogP contribution >= 0.6 is 11.8 Å². The summed E-state index contributed by atoms with van der Waals surface area (Å²) in [5.41, 5.74) is 1.72. The lowest BCUT2D eigenvalue weighted by Gasteiger charge is -2.20. The molecule has 2 atom stereocenters. The summed E-state index contributed by atoms with van der Waals surface area (Å²) in [4.78, 5) is 27.2. The molecule has 0 aliphatic heterocycles. The Bertz CT molecular complexity index is 583. The molecule has 0 amide bonds. The van der Waals surface area contributed by atoms with Gasteiger partial charge in [-0.15, -0.1) is 0 Å². The fraction of sp³-hybridized carbons (Fsp3) is 0.643. The van der Waals surface area contributed by atoms with E-state index in [1.807, 2.05) is 18.7 Å². The van der Waals surface area contributed by atoms with E-state index >= 15 is 0 Å². The standard InChI is InChI=1S/C14H20N2O3S/c1-8-12(7-13(17)18)9(2)16(14(19)15-8)10-4-5-11(6-10)20-3/h10-11H,4-7H2,1-3H3,(H,17,18). The van der Waals surface area contributed by atoms with Crippen LogP contribution in [0.1, 0.15) is 42.3 Å². The number of carboxylic acids is 1. The van der Waals surface area contributed by atoms with Gasteiger partial charge in [-0.2, -0.15) is 16.7 Å². The first-order valence-corrected chi connectivity index (χ1v) is 8.06. The molecule has 5 nitrogen and oxygen atoms in total. The highest BCUT2D eigenvalue weighted by molar-refractivity contribution is 7.99. The Morgan fingerprint density at radius 1 is 1.45 bits per heavy atom. The number of rotatable bonds is 4. The van der Waals surface area contributed by atoms with E-state index in [0.29, 0.717) is 16.5 Å². The number of hydrogen-bond acceptors (Lipinski definition) is 4. The normalized spacial score (nSPS) is 22.1. The van der Waals surface area contributed by atoms with Crippen LogP contribution in [0.25, 0.3) is 0 Å². The minimum Gasteiger partial charge on any atom is -0.481 e. The lowest BCUT2D eigenvalue weighted by Crippen LogP contribution is -2.31. The molecule has 2 unspecified atom stereocenters. The average molecular weight is 296 g/mol. The molecule has 1 aromatic heterocycles. The molecular formula is C14H20N2O3S. The number of aryl methyl sites for hydroxylation is 1. The number of carbonyl (C=O) groups is 1. The third-order valence-corrected chi connectivity index (χ3v) is 5.18. The van der Waals surface area contributed by atoms with Gasteiger partial charge in [-0.05, 0) is 39.4 Å². The van der Waals surface area contributed by atoms with Gasteiger partial charge in [0, 0.05) is 28.2 Å². The summed E-state index contributed by atoms with van der Waals surface area (Å²) in [6, 6.07) is 0.153. The lowest BCUT2D eigenvalue weighted by molar-refractivity contribution is -0.136. The molecule has 1 heterocycles. The largest absolute Gasteiger partial charge is 0.481 e. The van der Waals surface area contributed by atoms with Gasteiger partial charge in [-0.25, -0.2) is 4.79 Å². The van der Waals surface area contributed by atoms with Gasteiger partial charge < -0.3 is 5.11 Å². The second-order valence-electron chi connectivity index (χ2n) is 5.31. The van der Waals surface area contributed by atoms with Gasteiger partial charge in [0.2, 0.25) is 0 Å². The predicted molar refractivity (Wildman–Crippen MR) is 79.5 cm³/mol. The Morgan fingerprint density at radius 2 is 2.15 bits per heavy atom. The van der Waals surface area contributed by atoms with Crippen molar-refractivity contribution in [3.63, 3.8) is 0 Å². The Morgan fingerprint density at radius 3 is 2.70 bits per heavy atom. The smallest absolute Gasteiger partial charge is 0.348 e. The predicted octanol–water partition coefficient (Wildman–Crippen LogP) is 1.94. The molecular weight excluding hydrogens is 276 g/mol. The quantitative estimate of drug-likeness (QED) is 0.919. The van der Waals surface area contributed by atoms with Crippen molar-refractivity contribution < 1.29 is 9.90 Å². The molecule has 110 valence electrons. The van der Waals surface area contributed by atoms with Gasteiger partial charge in [0.1, 0.15) is 0 Å². The van der Waals surface area contributed by atoms with Crippen LogP contribution in [-0.2, 0) is 11.2 Å². The van der Waals surface area contributed by atoms with Crippen molar-refractivity contribution in [3.8, 4) is 0 Å². The minimum atomic E-state index is -0.892. The SMILES string of the molecule is CSC1CCC(n2c(C)c(CC(=O)O)c(C)nc2=O)C1. The number of hydrogen-bond donors (Lipinski definition) is 1. The molecule has 0 aromatic carbocycles. The van der Waals surface area contributed by atoms with Crippen molar-refractivity contribution in [2.75, 3.05) is 6.26 Å². The van der Waals surface area contributed by atoms with Crippen LogP contribution < -0.4 is 5.69 Å². The minimum absolute atomic E-state index is 0.0797. The number of carboxylic acid groups (broad SMARTS) is 1.